The molecule has 0 aromatic carbocycles. The molecule has 1 saturated heterocycles. The van der Waals surface area contributed by atoms with Gasteiger partial charge in [-0.25, -0.2) is 0 Å². The number of allylic oxidation sites excluding steroid dienone is 1. The quantitative estimate of drug-likeness (QED) is 0.339. The third-order valence-electron chi connectivity index (χ3n) is 2.83. The largest absolute Gasteiger partial charge is 0.390 e. The third kappa shape index (κ3) is 9.32. The fourth-order valence-corrected chi connectivity index (χ4v) is 1.71. The molecular formula is C16H31N3O4. The summed E-state index contributed by atoms with van der Waals surface area (Å²) in [5.74, 6) is 0.490. The van der Waals surface area contributed by atoms with E-state index in [9.17, 15) is 15.0 Å². The summed E-state index contributed by atoms with van der Waals surface area (Å²) in [4.78, 5) is 11.8. The van der Waals surface area contributed by atoms with Gasteiger partial charge < -0.3 is 20.3 Å². The lowest BCUT2D eigenvalue weighted by Gasteiger charge is -2.32. The SMILES string of the molecule is C/C=N\N/C(=C\C)C(=O)NCC1OCCC(O)C1O.CC(C)C. The molecule has 0 aromatic rings. The Labute approximate surface area is 138 Å². The Hall–Kier alpha value is -1.44. The lowest BCUT2D eigenvalue weighted by molar-refractivity contribution is -0.136. The molecule has 1 amide bonds. The predicted molar refractivity (Wildman–Crippen MR) is 91.0 cm³/mol. The molecule has 0 saturated carbocycles. The number of carbonyl (C=O) groups is 1. The van der Waals surface area contributed by atoms with E-state index in [1.165, 1.54) is 6.21 Å². The monoisotopic (exact) mass is 329 g/mol. The third-order valence-corrected chi connectivity index (χ3v) is 2.83. The second-order valence-electron chi connectivity index (χ2n) is 5.90. The number of hydrazone groups is 1. The van der Waals surface area contributed by atoms with Crippen LogP contribution in [0.15, 0.2) is 16.9 Å². The van der Waals surface area contributed by atoms with Crippen LogP contribution in [0, 0.1) is 5.92 Å². The topological polar surface area (TPSA) is 103 Å². The molecule has 1 rings (SSSR count). The summed E-state index contributed by atoms with van der Waals surface area (Å²) in [6.07, 6.45) is 1.14. The Balaban J connectivity index is 0.00000108. The first-order valence-corrected chi connectivity index (χ1v) is 7.99. The predicted octanol–water partition coefficient (Wildman–Crippen LogP) is 0.775. The first-order chi connectivity index (χ1) is 10.8. The summed E-state index contributed by atoms with van der Waals surface area (Å²) in [6, 6.07) is 0. The maximum Gasteiger partial charge on any atom is 0.268 e. The number of hydrogen-bond donors (Lipinski definition) is 4. The smallest absolute Gasteiger partial charge is 0.268 e. The summed E-state index contributed by atoms with van der Waals surface area (Å²) in [6.45, 7) is 10.4. The second-order valence-corrected chi connectivity index (χ2v) is 5.90. The molecule has 0 aliphatic carbocycles. The van der Waals surface area contributed by atoms with Crippen LogP contribution in [0.3, 0.4) is 0 Å². The maximum absolute atomic E-state index is 11.8. The molecule has 3 unspecified atom stereocenters. The molecule has 1 aliphatic rings. The standard InChI is InChI=1S/C12H21N3O4.C4H10/c1-3-8(15-14-4-2)12(18)13-7-10-11(17)9(16)5-6-19-10;1-4(2)3/h3-4,9-11,15-17H,5-7H2,1-2H3,(H,13,18);4H,1-3H3/b8-3-,14-4-;. The zero-order chi connectivity index (χ0) is 17.8. The maximum atomic E-state index is 11.8. The Morgan fingerprint density at radius 2 is 1.96 bits per heavy atom. The van der Waals surface area contributed by atoms with E-state index >= 15 is 0 Å². The van der Waals surface area contributed by atoms with Gasteiger partial charge in [0.25, 0.3) is 5.91 Å². The summed E-state index contributed by atoms with van der Waals surface area (Å²) < 4.78 is 5.31. The highest BCUT2D eigenvalue weighted by Gasteiger charge is 2.31. The normalized spacial score (nSPS) is 25.0. The van der Waals surface area contributed by atoms with E-state index in [-0.39, 0.29) is 12.5 Å². The Bertz CT molecular complexity index is 394. The van der Waals surface area contributed by atoms with Crippen molar-refractivity contribution in [1.29, 1.82) is 0 Å². The van der Waals surface area contributed by atoms with E-state index in [0.717, 1.165) is 5.92 Å². The first-order valence-electron chi connectivity index (χ1n) is 7.99. The van der Waals surface area contributed by atoms with Gasteiger partial charge in [0.2, 0.25) is 0 Å². The van der Waals surface area contributed by atoms with Crippen molar-refractivity contribution in [1.82, 2.24) is 10.7 Å². The van der Waals surface area contributed by atoms with Crippen LogP contribution in [0.5, 0.6) is 0 Å². The molecule has 1 fully saturated rings. The van der Waals surface area contributed by atoms with E-state index < -0.39 is 18.3 Å². The summed E-state index contributed by atoms with van der Waals surface area (Å²) >= 11 is 0. The fraction of sp³-hybridized carbons (Fsp3) is 0.750. The molecule has 7 nitrogen and oxygen atoms in total. The van der Waals surface area contributed by atoms with Gasteiger partial charge >= 0.3 is 0 Å². The van der Waals surface area contributed by atoms with Crippen LogP contribution in [0.2, 0.25) is 0 Å². The van der Waals surface area contributed by atoms with Crippen LogP contribution >= 0.6 is 0 Å². The van der Waals surface area contributed by atoms with Crippen LogP contribution in [-0.4, -0.2) is 53.8 Å². The average molecular weight is 329 g/mol. The van der Waals surface area contributed by atoms with E-state index in [2.05, 4.69) is 36.6 Å². The van der Waals surface area contributed by atoms with Gasteiger partial charge in [-0.15, -0.1) is 0 Å². The minimum atomic E-state index is -0.982. The van der Waals surface area contributed by atoms with Crippen molar-refractivity contribution in [3.8, 4) is 0 Å². The van der Waals surface area contributed by atoms with Gasteiger partial charge in [-0.3, -0.25) is 10.2 Å². The number of rotatable bonds is 5. The molecule has 1 heterocycles. The molecular weight excluding hydrogens is 298 g/mol. The van der Waals surface area contributed by atoms with Crippen molar-refractivity contribution in [2.45, 2.75) is 59.4 Å². The zero-order valence-electron chi connectivity index (χ0n) is 14.7. The number of nitrogens with one attached hydrogen (secondary N) is 2. The minimum absolute atomic E-state index is 0.131. The zero-order valence-corrected chi connectivity index (χ0v) is 14.7. The number of hydrogen-bond acceptors (Lipinski definition) is 6. The van der Waals surface area contributed by atoms with Crippen molar-refractivity contribution in [2.75, 3.05) is 13.2 Å². The van der Waals surface area contributed by atoms with Crippen molar-refractivity contribution in [3.63, 3.8) is 0 Å². The molecule has 4 N–H and O–H groups in total. The highest BCUT2D eigenvalue weighted by Crippen LogP contribution is 2.14. The van der Waals surface area contributed by atoms with Crippen LogP contribution in [0.25, 0.3) is 0 Å². The number of carbonyl (C=O) groups excluding carboxylic acids is 1. The lowest BCUT2D eigenvalue weighted by Crippen LogP contribution is -2.50. The van der Waals surface area contributed by atoms with Crippen molar-refractivity contribution in [2.24, 2.45) is 11.0 Å². The summed E-state index contributed by atoms with van der Waals surface area (Å²) in [5, 5.41) is 25.6. The lowest BCUT2D eigenvalue weighted by atomic mass is 10.0. The van der Waals surface area contributed by atoms with Gasteiger partial charge in [0.15, 0.2) is 0 Å². The van der Waals surface area contributed by atoms with Crippen molar-refractivity contribution < 1.29 is 19.7 Å². The highest BCUT2D eigenvalue weighted by molar-refractivity contribution is 5.92. The van der Waals surface area contributed by atoms with Gasteiger partial charge in [0.1, 0.15) is 17.9 Å². The van der Waals surface area contributed by atoms with Gasteiger partial charge in [0.05, 0.1) is 6.10 Å². The summed E-state index contributed by atoms with van der Waals surface area (Å²) in [5.41, 5.74) is 2.90. The van der Waals surface area contributed by atoms with Crippen LogP contribution < -0.4 is 10.7 Å². The van der Waals surface area contributed by atoms with E-state index in [0.29, 0.717) is 18.7 Å². The molecule has 0 bridgehead atoms. The molecule has 134 valence electrons. The number of aliphatic hydroxyl groups excluding tert-OH is 2. The minimum Gasteiger partial charge on any atom is -0.390 e. The second kappa shape index (κ2) is 12.0. The van der Waals surface area contributed by atoms with E-state index in [4.69, 9.17) is 4.74 Å². The molecule has 23 heavy (non-hydrogen) atoms. The molecule has 0 radical (unpaired) electrons. The van der Waals surface area contributed by atoms with Crippen LogP contribution in [-0.2, 0) is 9.53 Å². The van der Waals surface area contributed by atoms with E-state index in [1.54, 1.807) is 19.9 Å². The van der Waals surface area contributed by atoms with Crippen molar-refractivity contribution in [3.05, 3.63) is 11.8 Å². The van der Waals surface area contributed by atoms with Crippen LogP contribution in [0.4, 0.5) is 0 Å². The van der Waals surface area contributed by atoms with Gasteiger partial charge in [-0.1, -0.05) is 26.8 Å². The molecule has 7 heteroatoms. The number of aliphatic hydroxyl groups is 2. The molecule has 0 spiro atoms. The number of ether oxygens (including phenoxy) is 1. The Morgan fingerprint density at radius 3 is 2.48 bits per heavy atom. The van der Waals surface area contributed by atoms with Crippen molar-refractivity contribution >= 4 is 12.1 Å². The van der Waals surface area contributed by atoms with Crippen LogP contribution in [0.1, 0.15) is 41.0 Å². The van der Waals surface area contributed by atoms with Gasteiger partial charge in [0, 0.05) is 19.4 Å². The fourth-order valence-electron chi connectivity index (χ4n) is 1.71. The molecule has 0 aromatic heterocycles. The Morgan fingerprint density at radius 1 is 1.35 bits per heavy atom. The Kier molecular flexibility index (Phi) is 11.3. The number of amides is 1. The molecule has 3 atom stereocenters. The average Bonchev–Trinajstić information content (AvgIpc) is 2.49. The summed E-state index contributed by atoms with van der Waals surface area (Å²) in [7, 11) is 0. The molecule has 1 aliphatic heterocycles. The first kappa shape index (κ1) is 21.6. The van der Waals surface area contributed by atoms with Gasteiger partial charge in [-0.05, 0) is 26.2 Å². The highest BCUT2D eigenvalue weighted by atomic mass is 16.5. The van der Waals surface area contributed by atoms with E-state index in [1.807, 2.05) is 0 Å². The number of nitrogens with zero attached hydrogens (tertiary/aromatic N) is 1. The van der Waals surface area contributed by atoms with Gasteiger partial charge in [-0.2, -0.15) is 5.10 Å².